The van der Waals surface area contributed by atoms with Gasteiger partial charge in [-0.25, -0.2) is 4.79 Å². The summed E-state index contributed by atoms with van der Waals surface area (Å²) in [7, 11) is 1.55. The summed E-state index contributed by atoms with van der Waals surface area (Å²) in [5.41, 5.74) is -0.145. The number of anilines is 1. The highest BCUT2D eigenvalue weighted by Gasteiger charge is 2.34. The van der Waals surface area contributed by atoms with Crippen LogP contribution in [0.15, 0.2) is 22.7 Å². The highest BCUT2D eigenvalue weighted by Crippen LogP contribution is 2.31. The van der Waals surface area contributed by atoms with Gasteiger partial charge in [-0.2, -0.15) is 0 Å². The lowest BCUT2D eigenvalue weighted by molar-refractivity contribution is -0.0287. The van der Waals surface area contributed by atoms with Gasteiger partial charge < -0.3 is 20.5 Å². The van der Waals surface area contributed by atoms with Crippen molar-refractivity contribution in [2.45, 2.75) is 24.9 Å². The molecule has 0 aliphatic heterocycles. The Balaban J connectivity index is 1.92. The number of methoxy groups -OCH3 is 1. The third kappa shape index (κ3) is 3.61. The SMILES string of the molecule is COc1ccc(Br)cc1NC(=O)NCC1(O)CCC1. The van der Waals surface area contributed by atoms with Crippen LogP contribution in [0.25, 0.3) is 0 Å². The van der Waals surface area contributed by atoms with Crippen molar-refractivity contribution in [2.75, 3.05) is 19.0 Å². The molecule has 0 radical (unpaired) electrons. The lowest BCUT2D eigenvalue weighted by Crippen LogP contribution is -2.48. The van der Waals surface area contributed by atoms with Crippen molar-refractivity contribution in [1.82, 2.24) is 5.32 Å². The minimum Gasteiger partial charge on any atom is -0.495 e. The summed E-state index contributed by atoms with van der Waals surface area (Å²) in [6.07, 6.45) is 2.50. The molecule has 1 fully saturated rings. The first-order chi connectivity index (χ1) is 9.02. The third-order valence-corrected chi connectivity index (χ3v) is 3.77. The van der Waals surface area contributed by atoms with Crippen LogP contribution >= 0.6 is 15.9 Å². The first kappa shape index (κ1) is 14.1. The molecule has 19 heavy (non-hydrogen) atoms. The zero-order valence-electron chi connectivity index (χ0n) is 10.7. The summed E-state index contributed by atoms with van der Waals surface area (Å²) in [5, 5.41) is 15.3. The van der Waals surface area contributed by atoms with Crippen LogP contribution in [0.1, 0.15) is 19.3 Å². The van der Waals surface area contributed by atoms with E-state index in [9.17, 15) is 9.90 Å². The predicted octanol–water partition coefficient (Wildman–Crippen LogP) is 2.49. The minimum absolute atomic E-state index is 0.273. The van der Waals surface area contributed by atoms with E-state index < -0.39 is 5.60 Å². The number of hydrogen-bond acceptors (Lipinski definition) is 3. The van der Waals surface area contributed by atoms with Crippen LogP contribution in [-0.2, 0) is 0 Å². The molecule has 5 nitrogen and oxygen atoms in total. The third-order valence-electron chi connectivity index (χ3n) is 3.27. The Morgan fingerprint density at radius 3 is 2.84 bits per heavy atom. The number of benzene rings is 1. The second kappa shape index (κ2) is 5.79. The quantitative estimate of drug-likeness (QED) is 0.795. The number of halogens is 1. The van der Waals surface area contributed by atoms with Gasteiger partial charge in [0.15, 0.2) is 0 Å². The molecule has 1 aliphatic carbocycles. The second-order valence-electron chi connectivity index (χ2n) is 4.73. The van der Waals surface area contributed by atoms with Gasteiger partial charge in [0.1, 0.15) is 5.75 Å². The first-order valence-electron chi connectivity index (χ1n) is 6.13. The summed E-state index contributed by atoms with van der Waals surface area (Å²) in [6.45, 7) is 0.273. The van der Waals surface area contributed by atoms with Gasteiger partial charge in [0.05, 0.1) is 18.4 Å². The topological polar surface area (TPSA) is 70.6 Å². The van der Waals surface area contributed by atoms with Crippen LogP contribution in [0.4, 0.5) is 10.5 Å². The number of ether oxygens (including phenoxy) is 1. The summed E-state index contributed by atoms with van der Waals surface area (Å²) in [5.74, 6) is 0.584. The van der Waals surface area contributed by atoms with Crippen molar-refractivity contribution in [1.29, 1.82) is 0 Å². The first-order valence-corrected chi connectivity index (χ1v) is 6.92. The fourth-order valence-electron chi connectivity index (χ4n) is 1.95. The van der Waals surface area contributed by atoms with Crippen molar-refractivity contribution in [3.05, 3.63) is 22.7 Å². The largest absolute Gasteiger partial charge is 0.495 e. The van der Waals surface area contributed by atoms with Gasteiger partial charge in [-0.1, -0.05) is 15.9 Å². The normalized spacial score (nSPS) is 16.4. The van der Waals surface area contributed by atoms with Crippen molar-refractivity contribution < 1.29 is 14.6 Å². The molecule has 0 unspecified atom stereocenters. The predicted molar refractivity (Wildman–Crippen MR) is 76.5 cm³/mol. The van der Waals surface area contributed by atoms with Crippen molar-refractivity contribution in [3.8, 4) is 5.75 Å². The van der Waals surface area contributed by atoms with E-state index in [2.05, 4.69) is 26.6 Å². The van der Waals surface area contributed by atoms with E-state index in [0.29, 0.717) is 11.4 Å². The Morgan fingerprint density at radius 1 is 1.53 bits per heavy atom. The van der Waals surface area contributed by atoms with Crippen LogP contribution in [0.2, 0.25) is 0 Å². The molecule has 0 aromatic heterocycles. The molecule has 1 aliphatic rings. The Hall–Kier alpha value is -1.27. The fraction of sp³-hybridized carbons (Fsp3) is 0.462. The molecule has 3 N–H and O–H groups in total. The smallest absolute Gasteiger partial charge is 0.319 e. The van der Waals surface area contributed by atoms with E-state index in [1.54, 1.807) is 19.2 Å². The zero-order chi connectivity index (χ0) is 13.9. The Kier molecular flexibility index (Phi) is 4.31. The van der Waals surface area contributed by atoms with Crippen LogP contribution in [0.3, 0.4) is 0 Å². The van der Waals surface area contributed by atoms with Gasteiger partial charge in [-0.3, -0.25) is 0 Å². The molecular formula is C13H17BrN2O3. The molecule has 2 rings (SSSR count). The van der Waals surface area contributed by atoms with Crippen LogP contribution in [0, 0.1) is 0 Å². The molecule has 1 aromatic rings. The minimum atomic E-state index is -0.724. The van der Waals surface area contributed by atoms with E-state index in [1.165, 1.54) is 0 Å². The van der Waals surface area contributed by atoms with Gasteiger partial charge in [-0.15, -0.1) is 0 Å². The number of carbonyl (C=O) groups is 1. The lowest BCUT2D eigenvalue weighted by Gasteiger charge is -2.36. The van der Waals surface area contributed by atoms with Gasteiger partial charge in [-0.05, 0) is 37.5 Å². The second-order valence-corrected chi connectivity index (χ2v) is 5.65. The number of nitrogens with one attached hydrogen (secondary N) is 2. The molecule has 1 aromatic carbocycles. The van der Waals surface area contributed by atoms with Crippen LogP contribution in [-0.4, -0.2) is 30.4 Å². The fourth-order valence-corrected chi connectivity index (χ4v) is 2.31. The maximum atomic E-state index is 11.8. The van der Waals surface area contributed by atoms with Gasteiger partial charge in [0.2, 0.25) is 0 Å². The molecule has 0 saturated heterocycles. The highest BCUT2D eigenvalue weighted by atomic mass is 79.9. The number of carbonyl (C=O) groups excluding carboxylic acids is 1. The van der Waals surface area contributed by atoms with E-state index >= 15 is 0 Å². The summed E-state index contributed by atoms with van der Waals surface area (Å²) < 4.78 is 6.01. The standard InChI is InChI=1S/C13H17BrN2O3/c1-19-11-4-3-9(14)7-10(11)16-12(17)15-8-13(18)5-2-6-13/h3-4,7,18H,2,5-6,8H2,1H3,(H2,15,16,17). The zero-order valence-corrected chi connectivity index (χ0v) is 12.3. The molecule has 2 amide bonds. The molecule has 6 heteroatoms. The Bertz CT molecular complexity index is 475. The Morgan fingerprint density at radius 2 is 2.26 bits per heavy atom. The molecule has 0 heterocycles. The molecule has 104 valence electrons. The number of rotatable bonds is 4. The summed E-state index contributed by atoms with van der Waals surface area (Å²) in [4.78, 5) is 11.8. The van der Waals surface area contributed by atoms with E-state index in [1.807, 2.05) is 6.07 Å². The number of urea groups is 1. The lowest BCUT2D eigenvalue weighted by atomic mass is 9.80. The van der Waals surface area contributed by atoms with Crippen LogP contribution in [0.5, 0.6) is 5.75 Å². The van der Waals surface area contributed by atoms with E-state index in [0.717, 1.165) is 23.7 Å². The van der Waals surface area contributed by atoms with Gasteiger partial charge in [0, 0.05) is 11.0 Å². The summed E-state index contributed by atoms with van der Waals surface area (Å²) >= 11 is 3.34. The van der Waals surface area contributed by atoms with Crippen molar-refractivity contribution in [3.63, 3.8) is 0 Å². The van der Waals surface area contributed by atoms with E-state index in [4.69, 9.17) is 4.74 Å². The maximum absolute atomic E-state index is 11.8. The molecule has 0 bridgehead atoms. The molecule has 0 spiro atoms. The number of amides is 2. The molecular weight excluding hydrogens is 312 g/mol. The monoisotopic (exact) mass is 328 g/mol. The van der Waals surface area contributed by atoms with Gasteiger partial charge >= 0.3 is 6.03 Å². The van der Waals surface area contributed by atoms with E-state index in [-0.39, 0.29) is 12.6 Å². The number of aliphatic hydroxyl groups is 1. The maximum Gasteiger partial charge on any atom is 0.319 e. The van der Waals surface area contributed by atoms with Crippen LogP contribution < -0.4 is 15.4 Å². The van der Waals surface area contributed by atoms with Crippen molar-refractivity contribution >= 4 is 27.6 Å². The average Bonchev–Trinajstić information content (AvgIpc) is 2.34. The molecule has 1 saturated carbocycles. The molecule has 0 atom stereocenters. The Labute approximate surface area is 120 Å². The summed E-state index contributed by atoms with van der Waals surface area (Å²) in [6, 6.07) is 5.01. The average molecular weight is 329 g/mol. The van der Waals surface area contributed by atoms with Gasteiger partial charge in [0.25, 0.3) is 0 Å². The number of hydrogen-bond donors (Lipinski definition) is 3. The van der Waals surface area contributed by atoms with Crippen molar-refractivity contribution in [2.24, 2.45) is 0 Å². The highest BCUT2D eigenvalue weighted by molar-refractivity contribution is 9.10.